The Balaban J connectivity index is 1.68. The summed E-state index contributed by atoms with van der Waals surface area (Å²) in [4.78, 5) is 26.4. The second-order valence-corrected chi connectivity index (χ2v) is 9.84. The van der Waals surface area contributed by atoms with E-state index < -0.39 is 77.8 Å². The SMILES string of the molecule is O=C1NC(c2cc(F)ccc2Cl)c2c(Nc3nnnc4c(C(F)(F)F)cc(F)cc34)cc3c(c21)n(CF)c(=O)n3CCF. The molecule has 1 amide bonds. The minimum absolute atomic E-state index is 0.00882. The van der Waals surface area contributed by atoms with E-state index in [2.05, 4.69) is 26.0 Å². The van der Waals surface area contributed by atoms with Crippen LogP contribution in [-0.2, 0) is 19.5 Å². The first-order valence-electron chi connectivity index (χ1n) is 12.3. The van der Waals surface area contributed by atoms with Crippen molar-refractivity contribution in [3.8, 4) is 0 Å². The Kier molecular flexibility index (Phi) is 6.75. The van der Waals surface area contributed by atoms with Gasteiger partial charge in [0.25, 0.3) is 5.91 Å². The number of aryl methyl sites for hydroxylation is 1. The van der Waals surface area contributed by atoms with Gasteiger partial charge in [0.15, 0.2) is 12.6 Å². The number of hydrogen-bond acceptors (Lipinski definition) is 6. The number of amides is 1. The number of anilines is 2. The van der Waals surface area contributed by atoms with Crippen LogP contribution in [0.4, 0.5) is 42.2 Å². The van der Waals surface area contributed by atoms with Gasteiger partial charge in [0.05, 0.1) is 40.1 Å². The highest BCUT2D eigenvalue weighted by Crippen LogP contribution is 2.44. The third-order valence-electron chi connectivity index (χ3n) is 7.01. The number of imidazole rings is 1. The highest BCUT2D eigenvalue weighted by molar-refractivity contribution is 6.31. The molecule has 222 valence electrons. The number of halogens is 8. The van der Waals surface area contributed by atoms with Gasteiger partial charge in [0.2, 0.25) is 0 Å². The van der Waals surface area contributed by atoms with Crippen LogP contribution in [-0.4, -0.2) is 37.1 Å². The molecule has 0 aliphatic carbocycles. The van der Waals surface area contributed by atoms with Gasteiger partial charge < -0.3 is 10.6 Å². The molecular formula is C26H15ClF7N7O2. The molecule has 9 nitrogen and oxygen atoms in total. The molecule has 2 N–H and O–H groups in total. The van der Waals surface area contributed by atoms with Crippen LogP contribution in [0.15, 0.2) is 41.2 Å². The lowest BCUT2D eigenvalue weighted by molar-refractivity contribution is -0.136. The smallest absolute Gasteiger partial charge is 0.341 e. The molecule has 1 unspecified atom stereocenters. The highest BCUT2D eigenvalue weighted by atomic mass is 35.5. The number of carbonyl (C=O) groups is 1. The molecule has 3 aromatic carbocycles. The highest BCUT2D eigenvalue weighted by Gasteiger charge is 2.39. The molecule has 5 aromatic rings. The van der Waals surface area contributed by atoms with Gasteiger partial charge in [-0.1, -0.05) is 11.6 Å². The molecule has 0 saturated carbocycles. The van der Waals surface area contributed by atoms with Crippen LogP contribution in [0.3, 0.4) is 0 Å². The minimum Gasteiger partial charge on any atom is -0.341 e. The van der Waals surface area contributed by atoms with Crippen LogP contribution in [0.25, 0.3) is 21.9 Å². The summed E-state index contributed by atoms with van der Waals surface area (Å²) in [6.07, 6.45) is -5.01. The van der Waals surface area contributed by atoms with Gasteiger partial charge >= 0.3 is 11.9 Å². The molecule has 3 heterocycles. The molecular weight excluding hydrogens is 611 g/mol. The number of nitrogens with one attached hydrogen (secondary N) is 2. The molecule has 43 heavy (non-hydrogen) atoms. The van der Waals surface area contributed by atoms with E-state index >= 15 is 0 Å². The number of rotatable bonds is 6. The lowest BCUT2D eigenvalue weighted by Gasteiger charge is -2.19. The van der Waals surface area contributed by atoms with Crippen LogP contribution in [0, 0.1) is 11.6 Å². The number of alkyl halides is 5. The van der Waals surface area contributed by atoms with E-state index in [-0.39, 0.29) is 44.5 Å². The van der Waals surface area contributed by atoms with Crippen LogP contribution < -0.4 is 16.3 Å². The van der Waals surface area contributed by atoms with Crippen molar-refractivity contribution >= 4 is 50.9 Å². The fourth-order valence-electron chi connectivity index (χ4n) is 5.27. The fraction of sp³-hybridized carbons (Fsp3) is 0.192. The van der Waals surface area contributed by atoms with Crippen molar-refractivity contribution in [3.05, 3.63) is 85.8 Å². The zero-order chi connectivity index (χ0) is 30.8. The molecule has 0 fully saturated rings. The van der Waals surface area contributed by atoms with Gasteiger partial charge in [0, 0.05) is 21.8 Å². The molecule has 2 aromatic heterocycles. The Hall–Kier alpha value is -4.73. The summed E-state index contributed by atoms with van der Waals surface area (Å²) in [5.74, 6) is -3.28. The van der Waals surface area contributed by atoms with Gasteiger partial charge in [0.1, 0.15) is 23.8 Å². The molecule has 0 bridgehead atoms. The average molecular weight is 626 g/mol. The van der Waals surface area contributed by atoms with Crippen molar-refractivity contribution in [2.45, 2.75) is 25.6 Å². The van der Waals surface area contributed by atoms with E-state index in [1.807, 2.05) is 0 Å². The van der Waals surface area contributed by atoms with Gasteiger partial charge in [-0.2, -0.15) is 13.2 Å². The van der Waals surface area contributed by atoms with Crippen molar-refractivity contribution in [2.24, 2.45) is 0 Å². The second kappa shape index (κ2) is 10.2. The van der Waals surface area contributed by atoms with Crippen LogP contribution >= 0.6 is 11.6 Å². The van der Waals surface area contributed by atoms with Crippen LogP contribution in [0.5, 0.6) is 0 Å². The van der Waals surface area contributed by atoms with E-state index in [1.165, 1.54) is 12.1 Å². The lowest BCUT2D eigenvalue weighted by atomic mass is 9.95. The number of carbonyl (C=O) groups excluding carboxylic acids is 1. The summed E-state index contributed by atoms with van der Waals surface area (Å²) in [6.45, 7) is -2.97. The van der Waals surface area contributed by atoms with Gasteiger partial charge in [-0.3, -0.25) is 13.9 Å². The molecule has 1 aliphatic rings. The third-order valence-corrected chi connectivity index (χ3v) is 7.35. The largest absolute Gasteiger partial charge is 0.418 e. The topological polar surface area (TPSA) is 107 Å². The lowest BCUT2D eigenvalue weighted by Crippen LogP contribution is -2.24. The van der Waals surface area contributed by atoms with Gasteiger partial charge in [-0.15, -0.1) is 10.2 Å². The number of benzene rings is 3. The maximum Gasteiger partial charge on any atom is 0.418 e. The summed E-state index contributed by atoms with van der Waals surface area (Å²) in [5.41, 5.74) is -3.86. The molecule has 1 aliphatic heterocycles. The molecule has 0 saturated heterocycles. The Morgan fingerprint density at radius 2 is 1.77 bits per heavy atom. The monoisotopic (exact) mass is 625 g/mol. The summed E-state index contributed by atoms with van der Waals surface area (Å²) in [5, 5.41) is 15.4. The van der Waals surface area contributed by atoms with E-state index in [4.69, 9.17) is 11.6 Å². The zero-order valence-electron chi connectivity index (χ0n) is 21.2. The average Bonchev–Trinajstić information content (AvgIpc) is 3.43. The fourth-order valence-corrected chi connectivity index (χ4v) is 5.50. The molecule has 6 rings (SSSR count). The third kappa shape index (κ3) is 4.52. The molecule has 0 spiro atoms. The Morgan fingerprint density at radius 1 is 1.00 bits per heavy atom. The Morgan fingerprint density at radius 3 is 2.47 bits per heavy atom. The van der Waals surface area contributed by atoms with Crippen molar-refractivity contribution in [3.63, 3.8) is 0 Å². The van der Waals surface area contributed by atoms with Gasteiger partial charge in [-0.05, 0) is 41.6 Å². The first kappa shape index (κ1) is 28.4. The number of hydrogen-bond donors (Lipinski definition) is 2. The first-order valence-corrected chi connectivity index (χ1v) is 12.7. The first-order chi connectivity index (χ1) is 20.4. The summed E-state index contributed by atoms with van der Waals surface area (Å²) in [6, 6.07) is 4.28. The standard InChI is InChI=1S/C26H15ClF7N7O2/c27-15-2-1-10(30)5-12(15)21-18-16(35-23-13-6-11(31)7-14(26(32,33)34)20(13)37-39-38-23)8-17-22(19(18)24(42)36-21)41(9-29)25(43)40(17)4-3-28/h1-2,5-8,21H,3-4,9H2,(H,36,42)(H,35,37,38). The Bertz CT molecular complexity index is 2030. The quantitative estimate of drug-likeness (QED) is 0.239. The van der Waals surface area contributed by atoms with Crippen molar-refractivity contribution in [1.29, 1.82) is 0 Å². The van der Waals surface area contributed by atoms with Gasteiger partial charge in [-0.25, -0.2) is 22.4 Å². The number of aromatic nitrogens is 5. The number of nitrogens with zero attached hydrogens (tertiary/aromatic N) is 5. The van der Waals surface area contributed by atoms with E-state index in [1.54, 1.807) is 0 Å². The predicted molar refractivity (Wildman–Crippen MR) is 140 cm³/mol. The van der Waals surface area contributed by atoms with Crippen molar-refractivity contribution in [1.82, 2.24) is 29.9 Å². The normalized spacial score (nSPS) is 14.9. The maximum atomic E-state index is 14.4. The van der Waals surface area contributed by atoms with Crippen molar-refractivity contribution < 1.29 is 35.5 Å². The molecule has 1 atom stereocenters. The van der Waals surface area contributed by atoms with Crippen LogP contribution in [0.2, 0.25) is 5.02 Å². The zero-order valence-corrected chi connectivity index (χ0v) is 22.0. The maximum absolute atomic E-state index is 14.4. The summed E-state index contributed by atoms with van der Waals surface area (Å²) >= 11 is 6.33. The summed E-state index contributed by atoms with van der Waals surface area (Å²) < 4.78 is 98.9. The predicted octanol–water partition coefficient (Wildman–Crippen LogP) is 5.56. The molecule has 17 heteroatoms. The van der Waals surface area contributed by atoms with E-state index in [0.717, 1.165) is 22.8 Å². The molecule has 0 radical (unpaired) electrons. The van der Waals surface area contributed by atoms with Crippen molar-refractivity contribution in [2.75, 3.05) is 12.0 Å². The number of fused-ring (bicyclic) bond motifs is 4. The van der Waals surface area contributed by atoms with E-state index in [9.17, 15) is 40.3 Å². The summed E-state index contributed by atoms with van der Waals surface area (Å²) in [7, 11) is 0. The minimum atomic E-state index is -5.01. The van der Waals surface area contributed by atoms with Crippen LogP contribution in [0.1, 0.15) is 33.1 Å². The second-order valence-electron chi connectivity index (χ2n) is 9.43. The Labute approximate surface area is 239 Å². The van der Waals surface area contributed by atoms with E-state index in [0.29, 0.717) is 4.57 Å².